The van der Waals surface area contributed by atoms with Gasteiger partial charge in [-0.2, -0.15) is 21.0 Å². The first kappa shape index (κ1) is 33.4. The zero-order valence-corrected chi connectivity index (χ0v) is 22.3. The maximum absolute atomic E-state index is 15.4. The van der Waals surface area contributed by atoms with E-state index in [9.17, 15) is 45.6 Å². The minimum atomic E-state index is -2.73. The third-order valence-corrected chi connectivity index (χ3v) is 6.75. The third-order valence-electron chi connectivity index (χ3n) is 6.75. The van der Waals surface area contributed by atoms with Crippen LogP contribution in [0.25, 0.3) is 21.7 Å². The molecule has 0 atom stereocenters. The smallest absolute Gasteiger partial charge is 0.208 e. The maximum Gasteiger partial charge on any atom is 0.208 e. The molecule has 17 heteroatoms. The molecule has 3 aromatic rings. The van der Waals surface area contributed by atoms with Crippen molar-refractivity contribution in [2.24, 2.45) is 0 Å². The van der Waals surface area contributed by atoms with E-state index in [4.69, 9.17) is 17.1 Å². The van der Waals surface area contributed by atoms with Crippen molar-refractivity contribution in [3.63, 3.8) is 0 Å². The van der Waals surface area contributed by atoms with Gasteiger partial charge in [-0.1, -0.05) is 0 Å². The van der Waals surface area contributed by atoms with Crippen LogP contribution in [0.2, 0.25) is 0 Å². The molecule has 5 nitrogen and oxygen atoms in total. The lowest BCUT2D eigenvalue weighted by Gasteiger charge is -2.09. The number of benzene rings is 3. The molecule has 0 heterocycles. The van der Waals surface area contributed by atoms with E-state index in [0.29, 0.717) is 6.92 Å². The molecular weight excluding hydrogens is 658 g/mol. The summed E-state index contributed by atoms with van der Waals surface area (Å²) in [5.74, 6) is -29.5. The molecule has 47 heavy (non-hydrogen) atoms. The Kier molecular flexibility index (Phi) is 8.36. The Morgan fingerprint density at radius 1 is 0.468 bits per heavy atom. The number of rotatable bonds is 3. The van der Waals surface area contributed by atoms with Gasteiger partial charge in [-0.25, -0.2) is 57.5 Å². The molecule has 3 aromatic carbocycles. The second-order valence-electron chi connectivity index (χ2n) is 9.05. The molecule has 1 aliphatic rings. The standard InChI is InChI=1S/C30H3F12N5/c1-7-8(3-43)19(32)22(35)14(18(7)31)9(4-44)12-13(10(5-45)15-23(36)27(40)29(42)28(41)24(15)37)16(12)30(47-2)17-25(38)20(33)11(6-46)21(34)26(17)39/h1H3. The molecule has 1 aliphatic carbocycles. The Balaban J connectivity index is 2.37. The van der Waals surface area contributed by atoms with Crippen LogP contribution < -0.4 is 0 Å². The highest BCUT2D eigenvalue weighted by Crippen LogP contribution is 2.57. The molecule has 1 fully saturated rings. The van der Waals surface area contributed by atoms with E-state index in [0.717, 1.165) is 24.3 Å². The molecule has 0 aliphatic heterocycles. The van der Waals surface area contributed by atoms with Crippen molar-refractivity contribution in [2.45, 2.75) is 6.92 Å². The van der Waals surface area contributed by atoms with Gasteiger partial charge in [-0.15, -0.1) is 0 Å². The molecule has 1 saturated carbocycles. The molecule has 0 spiro atoms. The highest BCUT2D eigenvalue weighted by atomic mass is 19.2. The lowest BCUT2D eigenvalue weighted by molar-refractivity contribution is 0.376. The van der Waals surface area contributed by atoms with Gasteiger partial charge in [0.25, 0.3) is 0 Å². The normalized spacial score (nSPS) is 15.1. The summed E-state index contributed by atoms with van der Waals surface area (Å²) >= 11 is 0. The van der Waals surface area contributed by atoms with Crippen LogP contribution in [0.4, 0.5) is 52.7 Å². The van der Waals surface area contributed by atoms with Crippen molar-refractivity contribution in [1.82, 2.24) is 0 Å². The van der Waals surface area contributed by atoms with E-state index >= 15 is 17.6 Å². The predicted molar refractivity (Wildman–Crippen MR) is 132 cm³/mol. The van der Waals surface area contributed by atoms with Gasteiger partial charge in [0.05, 0.1) is 40.0 Å². The lowest BCUT2D eigenvalue weighted by Crippen LogP contribution is -2.06. The first-order valence-electron chi connectivity index (χ1n) is 11.9. The fraction of sp³-hybridized carbons (Fsp3) is 0.0333. The molecule has 0 saturated heterocycles. The highest BCUT2D eigenvalue weighted by Gasteiger charge is 2.46. The molecule has 0 aromatic heterocycles. The molecular formula is C30H3F12N5. The molecule has 232 valence electrons. The van der Waals surface area contributed by atoms with Crippen molar-refractivity contribution in [3.8, 4) is 24.3 Å². The Morgan fingerprint density at radius 2 is 0.809 bits per heavy atom. The highest BCUT2D eigenvalue weighted by molar-refractivity contribution is 6.11. The van der Waals surface area contributed by atoms with Crippen LogP contribution in [-0.2, 0) is 0 Å². The molecule has 0 unspecified atom stereocenters. The van der Waals surface area contributed by atoms with Gasteiger partial charge in [0, 0.05) is 5.56 Å². The summed E-state index contributed by atoms with van der Waals surface area (Å²) in [6.07, 6.45) is 0. The second-order valence-corrected chi connectivity index (χ2v) is 9.05. The summed E-state index contributed by atoms with van der Waals surface area (Å²) in [5, 5.41) is 37.6. The predicted octanol–water partition coefficient (Wildman–Crippen LogP) is 8.01. The summed E-state index contributed by atoms with van der Waals surface area (Å²) in [4.78, 5) is 2.65. The number of nitriles is 4. The fourth-order valence-corrected chi connectivity index (χ4v) is 4.53. The average molecular weight is 661 g/mol. The van der Waals surface area contributed by atoms with Gasteiger partial charge in [0.2, 0.25) is 11.5 Å². The van der Waals surface area contributed by atoms with Crippen LogP contribution in [0.5, 0.6) is 0 Å². The van der Waals surface area contributed by atoms with Crippen LogP contribution in [0.15, 0.2) is 16.7 Å². The van der Waals surface area contributed by atoms with E-state index in [-0.39, 0.29) is 0 Å². The van der Waals surface area contributed by atoms with Crippen LogP contribution in [0, 0.1) is 129 Å². The fourth-order valence-electron chi connectivity index (χ4n) is 4.53. The van der Waals surface area contributed by atoms with Gasteiger partial charge >= 0.3 is 0 Å². The third kappa shape index (κ3) is 4.63. The second kappa shape index (κ2) is 11.8. The van der Waals surface area contributed by atoms with Crippen LogP contribution >= 0.6 is 0 Å². The quantitative estimate of drug-likeness (QED) is 0.0934. The van der Waals surface area contributed by atoms with E-state index in [1.165, 1.54) is 0 Å². The largest absolute Gasteiger partial charge is 0.237 e. The Hall–Kier alpha value is -6.51. The first-order chi connectivity index (χ1) is 22.1. The lowest BCUT2D eigenvalue weighted by atomic mass is 9.96. The van der Waals surface area contributed by atoms with Gasteiger partial charge in [0.15, 0.2) is 58.2 Å². The van der Waals surface area contributed by atoms with Crippen molar-refractivity contribution in [3.05, 3.63) is 131 Å². The summed E-state index contributed by atoms with van der Waals surface area (Å²) < 4.78 is 176. The summed E-state index contributed by atoms with van der Waals surface area (Å²) in [6.45, 7) is 8.14. The van der Waals surface area contributed by atoms with Crippen LogP contribution in [0.1, 0.15) is 33.4 Å². The van der Waals surface area contributed by atoms with Crippen molar-refractivity contribution < 1.29 is 52.7 Å². The SMILES string of the molecule is [C-]#[N+]C(=C1C(=C(C#N)c2c(F)c(C)c(C#N)c(F)c2F)C1=C(C#N)c1c(F)c(F)c(F)c(F)c1F)c1c(F)c(F)c(C#N)c(F)c1F. The van der Waals surface area contributed by atoms with Gasteiger partial charge < -0.3 is 0 Å². The van der Waals surface area contributed by atoms with Crippen LogP contribution in [0.3, 0.4) is 0 Å². The Bertz CT molecular complexity index is 2130. The van der Waals surface area contributed by atoms with Gasteiger partial charge in [0.1, 0.15) is 35.7 Å². The summed E-state index contributed by atoms with van der Waals surface area (Å²) in [7, 11) is 0. The summed E-state index contributed by atoms with van der Waals surface area (Å²) in [6, 6.07) is 4.00. The zero-order chi connectivity index (χ0) is 35.4. The molecule has 0 amide bonds. The number of nitrogens with zero attached hydrogens (tertiary/aromatic N) is 5. The number of hydrogen-bond acceptors (Lipinski definition) is 4. The number of hydrogen-bond donors (Lipinski definition) is 0. The van der Waals surface area contributed by atoms with Crippen molar-refractivity contribution in [1.29, 1.82) is 21.0 Å². The molecule has 4 rings (SSSR count). The first-order valence-corrected chi connectivity index (χ1v) is 11.9. The van der Waals surface area contributed by atoms with E-state index < -0.39 is 137 Å². The van der Waals surface area contributed by atoms with E-state index in [1.807, 2.05) is 0 Å². The molecule has 0 bridgehead atoms. The molecule has 0 radical (unpaired) electrons. The maximum atomic E-state index is 15.4. The minimum absolute atomic E-state index is 0.715. The average Bonchev–Trinajstić information content (AvgIpc) is 3.77. The van der Waals surface area contributed by atoms with Gasteiger partial charge in [-0.05, 0) is 23.6 Å². The number of halogens is 12. The van der Waals surface area contributed by atoms with Crippen LogP contribution in [-0.4, -0.2) is 0 Å². The van der Waals surface area contributed by atoms with E-state index in [1.54, 1.807) is 0 Å². The Labute approximate surface area is 253 Å². The van der Waals surface area contributed by atoms with Crippen molar-refractivity contribution in [2.75, 3.05) is 0 Å². The topological polar surface area (TPSA) is 99.5 Å². The minimum Gasteiger partial charge on any atom is -0.237 e. The van der Waals surface area contributed by atoms with Gasteiger partial charge in [-0.3, -0.25) is 0 Å². The number of allylic oxidation sites excluding steroid dienone is 5. The van der Waals surface area contributed by atoms with E-state index in [2.05, 4.69) is 4.85 Å². The molecule has 0 N–H and O–H groups in total. The monoisotopic (exact) mass is 661 g/mol. The Morgan fingerprint density at radius 3 is 1.19 bits per heavy atom. The van der Waals surface area contributed by atoms with Crippen molar-refractivity contribution >= 4 is 16.8 Å². The zero-order valence-electron chi connectivity index (χ0n) is 22.3. The summed E-state index contributed by atoms with van der Waals surface area (Å²) in [5.41, 5.74) is -18.8.